The Balaban J connectivity index is 2.38. The molecule has 1 atom stereocenters. The first-order valence-corrected chi connectivity index (χ1v) is 5.32. The smallest absolute Gasteiger partial charge is 0.0240 e. The Labute approximate surface area is 82.7 Å². The van der Waals surface area contributed by atoms with Crippen molar-refractivity contribution >= 4 is 0 Å². The summed E-state index contributed by atoms with van der Waals surface area (Å²) >= 11 is 0. The predicted octanol–water partition coefficient (Wildman–Crippen LogP) is 1.71. The van der Waals surface area contributed by atoms with E-state index in [0.717, 1.165) is 6.04 Å². The first-order chi connectivity index (χ1) is 5.95. The Kier molecular flexibility index (Phi) is 3.36. The summed E-state index contributed by atoms with van der Waals surface area (Å²) in [4.78, 5) is 2.49. The van der Waals surface area contributed by atoms with Gasteiger partial charge in [-0.1, -0.05) is 20.8 Å². The van der Waals surface area contributed by atoms with Gasteiger partial charge in [-0.05, 0) is 32.4 Å². The summed E-state index contributed by atoms with van der Waals surface area (Å²) in [5.74, 6) is 0. The number of hydrogen-bond donors (Lipinski definition) is 1. The van der Waals surface area contributed by atoms with Crippen molar-refractivity contribution in [1.82, 2.24) is 10.2 Å². The molecule has 1 unspecified atom stereocenters. The van der Waals surface area contributed by atoms with Crippen molar-refractivity contribution in [2.75, 3.05) is 20.6 Å². The monoisotopic (exact) mass is 184 g/mol. The summed E-state index contributed by atoms with van der Waals surface area (Å²) < 4.78 is 0. The minimum Gasteiger partial charge on any atom is -0.315 e. The van der Waals surface area contributed by atoms with E-state index in [9.17, 15) is 0 Å². The molecule has 0 saturated heterocycles. The SMILES string of the molecule is CNC(CN(C)C1CC1)C(C)(C)C. The van der Waals surface area contributed by atoms with Gasteiger partial charge in [-0.2, -0.15) is 0 Å². The Bertz CT molecular complexity index is 156. The molecule has 1 saturated carbocycles. The summed E-state index contributed by atoms with van der Waals surface area (Å²) in [5, 5.41) is 3.41. The lowest BCUT2D eigenvalue weighted by Crippen LogP contribution is -2.46. The van der Waals surface area contributed by atoms with Crippen molar-refractivity contribution in [3.8, 4) is 0 Å². The molecule has 1 fully saturated rings. The van der Waals surface area contributed by atoms with E-state index in [0.29, 0.717) is 11.5 Å². The minimum absolute atomic E-state index is 0.359. The van der Waals surface area contributed by atoms with Crippen LogP contribution in [0.4, 0.5) is 0 Å². The van der Waals surface area contributed by atoms with E-state index in [1.807, 2.05) is 0 Å². The fraction of sp³-hybridized carbons (Fsp3) is 1.00. The number of likely N-dealkylation sites (N-methyl/N-ethyl adjacent to an activating group) is 2. The summed E-state index contributed by atoms with van der Waals surface area (Å²) in [5.41, 5.74) is 0.359. The van der Waals surface area contributed by atoms with Crippen LogP contribution in [0.25, 0.3) is 0 Å². The third-order valence-electron chi connectivity index (χ3n) is 3.03. The van der Waals surface area contributed by atoms with Crippen molar-refractivity contribution in [2.24, 2.45) is 5.41 Å². The lowest BCUT2D eigenvalue weighted by molar-refractivity contribution is 0.197. The molecule has 0 heterocycles. The van der Waals surface area contributed by atoms with E-state index < -0.39 is 0 Å². The Morgan fingerprint density at radius 3 is 2.23 bits per heavy atom. The summed E-state index contributed by atoms with van der Waals surface area (Å²) in [6.45, 7) is 8.07. The Morgan fingerprint density at radius 1 is 1.38 bits per heavy atom. The van der Waals surface area contributed by atoms with Crippen LogP contribution in [0, 0.1) is 5.41 Å². The molecule has 2 nitrogen and oxygen atoms in total. The van der Waals surface area contributed by atoms with Crippen LogP contribution in [-0.2, 0) is 0 Å². The average molecular weight is 184 g/mol. The molecule has 78 valence electrons. The molecule has 0 spiro atoms. The Morgan fingerprint density at radius 2 is 1.92 bits per heavy atom. The molecule has 0 aromatic rings. The molecule has 0 amide bonds. The molecule has 0 radical (unpaired) electrons. The van der Waals surface area contributed by atoms with Crippen LogP contribution in [0.5, 0.6) is 0 Å². The minimum atomic E-state index is 0.359. The zero-order valence-corrected chi connectivity index (χ0v) is 9.72. The molecule has 0 aromatic heterocycles. The first kappa shape index (κ1) is 11.0. The molecule has 0 bridgehead atoms. The summed E-state index contributed by atoms with van der Waals surface area (Å²) in [7, 11) is 4.31. The fourth-order valence-corrected chi connectivity index (χ4v) is 1.75. The van der Waals surface area contributed by atoms with Crippen molar-refractivity contribution in [2.45, 2.75) is 45.7 Å². The molecule has 1 aliphatic rings. The largest absolute Gasteiger partial charge is 0.315 e. The molecule has 1 rings (SSSR count). The first-order valence-electron chi connectivity index (χ1n) is 5.32. The van der Waals surface area contributed by atoms with Crippen molar-refractivity contribution in [1.29, 1.82) is 0 Å². The highest BCUT2D eigenvalue weighted by Crippen LogP contribution is 2.27. The fourth-order valence-electron chi connectivity index (χ4n) is 1.75. The summed E-state index contributed by atoms with van der Waals surface area (Å²) in [6.07, 6.45) is 2.80. The molecule has 1 aliphatic carbocycles. The topological polar surface area (TPSA) is 15.3 Å². The number of rotatable bonds is 4. The second-order valence-corrected chi connectivity index (χ2v) is 5.38. The third-order valence-corrected chi connectivity index (χ3v) is 3.03. The maximum Gasteiger partial charge on any atom is 0.0240 e. The van der Waals surface area contributed by atoms with Crippen LogP contribution in [0.2, 0.25) is 0 Å². The van der Waals surface area contributed by atoms with Gasteiger partial charge in [0.1, 0.15) is 0 Å². The van der Waals surface area contributed by atoms with Gasteiger partial charge in [0.2, 0.25) is 0 Å². The van der Waals surface area contributed by atoms with Gasteiger partial charge >= 0.3 is 0 Å². The molecular formula is C11H24N2. The van der Waals surface area contributed by atoms with Crippen molar-refractivity contribution in [3.05, 3.63) is 0 Å². The maximum atomic E-state index is 3.41. The van der Waals surface area contributed by atoms with Crippen molar-refractivity contribution < 1.29 is 0 Å². The molecular weight excluding hydrogens is 160 g/mol. The highest BCUT2D eigenvalue weighted by molar-refractivity contribution is 4.88. The lowest BCUT2D eigenvalue weighted by atomic mass is 9.86. The van der Waals surface area contributed by atoms with E-state index in [-0.39, 0.29) is 0 Å². The normalized spacial score (nSPS) is 20.8. The zero-order chi connectivity index (χ0) is 10.1. The van der Waals surface area contributed by atoms with E-state index in [2.05, 4.69) is 45.1 Å². The number of hydrogen-bond acceptors (Lipinski definition) is 2. The van der Waals surface area contributed by atoms with Crippen LogP contribution in [0.1, 0.15) is 33.6 Å². The highest BCUT2D eigenvalue weighted by atomic mass is 15.2. The maximum absolute atomic E-state index is 3.41. The molecule has 0 aromatic carbocycles. The van der Waals surface area contributed by atoms with Crippen LogP contribution in [0.15, 0.2) is 0 Å². The standard InChI is InChI=1S/C11H24N2/c1-11(2,3)10(12-4)8-13(5)9-6-7-9/h9-10,12H,6-8H2,1-5H3. The van der Waals surface area contributed by atoms with Gasteiger partial charge in [-0.25, -0.2) is 0 Å². The number of nitrogens with zero attached hydrogens (tertiary/aromatic N) is 1. The third kappa shape index (κ3) is 3.28. The van der Waals surface area contributed by atoms with E-state index >= 15 is 0 Å². The average Bonchev–Trinajstić information content (AvgIpc) is 2.78. The van der Waals surface area contributed by atoms with E-state index in [1.54, 1.807) is 0 Å². The van der Waals surface area contributed by atoms with Crippen molar-refractivity contribution in [3.63, 3.8) is 0 Å². The van der Waals surface area contributed by atoms with E-state index in [4.69, 9.17) is 0 Å². The number of nitrogens with one attached hydrogen (secondary N) is 1. The second-order valence-electron chi connectivity index (χ2n) is 5.38. The van der Waals surface area contributed by atoms with Gasteiger partial charge in [-0.3, -0.25) is 0 Å². The van der Waals surface area contributed by atoms with Crippen LogP contribution >= 0.6 is 0 Å². The predicted molar refractivity (Wildman–Crippen MR) is 58.0 cm³/mol. The van der Waals surface area contributed by atoms with Crippen LogP contribution < -0.4 is 5.32 Å². The summed E-state index contributed by atoms with van der Waals surface area (Å²) in [6, 6.07) is 1.47. The quantitative estimate of drug-likeness (QED) is 0.715. The molecule has 1 N–H and O–H groups in total. The second kappa shape index (κ2) is 3.97. The van der Waals surface area contributed by atoms with Gasteiger partial charge in [0.15, 0.2) is 0 Å². The van der Waals surface area contributed by atoms with Gasteiger partial charge in [0.25, 0.3) is 0 Å². The van der Waals surface area contributed by atoms with Gasteiger partial charge < -0.3 is 10.2 Å². The molecule has 0 aliphatic heterocycles. The molecule has 13 heavy (non-hydrogen) atoms. The van der Waals surface area contributed by atoms with Gasteiger partial charge in [0.05, 0.1) is 0 Å². The van der Waals surface area contributed by atoms with E-state index in [1.165, 1.54) is 19.4 Å². The lowest BCUT2D eigenvalue weighted by Gasteiger charge is -2.33. The Hall–Kier alpha value is -0.0800. The zero-order valence-electron chi connectivity index (χ0n) is 9.72. The van der Waals surface area contributed by atoms with Crippen LogP contribution in [0.3, 0.4) is 0 Å². The van der Waals surface area contributed by atoms with Gasteiger partial charge in [-0.15, -0.1) is 0 Å². The molecule has 2 heteroatoms. The highest BCUT2D eigenvalue weighted by Gasteiger charge is 2.30. The van der Waals surface area contributed by atoms with Crippen LogP contribution in [-0.4, -0.2) is 37.6 Å². The van der Waals surface area contributed by atoms with Gasteiger partial charge in [0, 0.05) is 18.6 Å².